The number of rotatable bonds is 13. The minimum Gasteiger partial charge on any atom is -0.508 e. The zero-order valence-electron chi connectivity index (χ0n) is 22.8. The first-order valence-corrected chi connectivity index (χ1v) is 12.8. The number of hydrogen-bond acceptors (Lipinski definition) is 6. The van der Waals surface area contributed by atoms with Crippen LogP contribution < -0.4 is 10.6 Å². The fourth-order valence-corrected chi connectivity index (χ4v) is 3.75. The minimum atomic E-state index is -1.34. The highest BCUT2D eigenvalue weighted by Crippen LogP contribution is 2.32. The van der Waals surface area contributed by atoms with Crippen molar-refractivity contribution >= 4 is 17.9 Å². The molecule has 3 atom stereocenters. The van der Waals surface area contributed by atoms with E-state index in [1.165, 1.54) is 11.0 Å². The van der Waals surface area contributed by atoms with E-state index in [4.69, 9.17) is 4.74 Å². The van der Waals surface area contributed by atoms with Gasteiger partial charge in [0.2, 0.25) is 11.8 Å². The number of para-hydroxylation sites is 1. The summed E-state index contributed by atoms with van der Waals surface area (Å²) in [4.78, 5) is 41.1. The van der Waals surface area contributed by atoms with Crippen LogP contribution in [-0.2, 0) is 14.3 Å². The summed E-state index contributed by atoms with van der Waals surface area (Å²) in [5.41, 5.74) is -0.528. The van der Waals surface area contributed by atoms with E-state index in [1.54, 1.807) is 39.0 Å². The Kier molecular flexibility index (Phi) is 12.7. The summed E-state index contributed by atoms with van der Waals surface area (Å²) in [6, 6.07) is 3.46. The van der Waals surface area contributed by atoms with Gasteiger partial charge in [-0.05, 0) is 58.9 Å². The molecule has 0 aliphatic rings. The molecule has 0 heterocycles. The molecule has 1 aromatic carbocycles. The first-order valence-electron chi connectivity index (χ1n) is 12.8. The van der Waals surface area contributed by atoms with Gasteiger partial charge in [-0.15, -0.1) is 0 Å². The van der Waals surface area contributed by atoms with Crippen molar-refractivity contribution in [2.45, 2.75) is 97.9 Å². The van der Waals surface area contributed by atoms with Crippen molar-refractivity contribution < 1.29 is 29.3 Å². The van der Waals surface area contributed by atoms with Gasteiger partial charge in [-0.25, -0.2) is 4.79 Å². The average Bonchev–Trinajstić information content (AvgIpc) is 2.78. The Labute approximate surface area is 215 Å². The first kappa shape index (κ1) is 31.2. The summed E-state index contributed by atoms with van der Waals surface area (Å²) in [6.45, 7) is 12.8. The van der Waals surface area contributed by atoms with Crippen LogP contribution in [0, 0.1) is 5.92 Å². The fourth-order valence-electron chi connectivity index (χ4n) is 3.75. The lowest BCUT2D eigenvalue weighted by molar-refractivity contribution is -0.146. The van der Waals surface area contributed by atoms with E-state index in [-0.39, 0.29) is 11.3 Å². The van der Waals surface area contributed by atoms with Crippen LogP contribution in [0.4, 0.5) is 4.79 Å². The standard InChI is InChI=1S/C27H45N3O6/c1-8-9-16-28-24(33)23(20-12-10-11-13-22(20)32)30(19(4)15-14-18(2)3)25(34)21(17-31)29-26(35)36-27(5,6)7/h10-13,18-19,21,23,31-32H,8-9,14-17H2,1-7H3,(H,28,33)(H,29,35). The Bertz CT molecular complexity index is 852. The zero-order valence-corrected chi connectivity index (χ0v) is 22.8. The second kappa shape index (κ2) is 14.7. The number of ether oxygens (including phenoxy) is 1. The molecule has 9 heteroatoms. The first-order chi connectivity index (χ1) is 16.8. The highest BCUT2D eigenvalue weighted by Gasteiger charge is 2.39. The Balaban J connectivity index is 3.48. The number of carbonyl (C=O) groups is 3. The molecule has 0 saturated carbocycles. The van der Waals surface area contributed by atoms with Crippen LogP contribution in [0.15, 0.2) is 24.3 Å². The molecule has 1 rings (SSSR count). The number of amides is 3. The second-order valence-corrected chi connectivity index (χ2v) is 10.6. The van der Waals surface area contributed by atoms with Crippen LogP contribution in [0.25, 0.3) is 0 Å². The molecule has 0 bridgehead atoms. The summed E-state index contributed by atoms with van der Waals surface area (Å²) in [5.74, 6) is -0.843. The number of aliphatic hydroxyl groups excluding tert-OH is 1. The van der Waals surface area contributed by atoms with E-state index < -0.39 is 48.2 Å². The highest BCUT2D eigenvalue weighted by molar-refractivity contribution is 5.92. The molecule has 0 saturated heterocycles. The van der Waals surface area contributed by atoms with Crippen LogP contribution in [0.5, 0.6) is 5.75 Å². The van der Waals surface area contributed by atoms with Crippen LogP contribution >= 0.6 is 0 Å². The molecule has 0 radical (unpaired) electrons. The molecule has 0 aromatic heterocycles. The Morgan fingerprint density at radius 1 is 1.08 bits per heavy atom. The number of phenols is 1. The number of alkyl carbamates (subject to hydrolysis) is 1. The Morgan fingerprint density at radius 2 is 1.72 bits per heavy atom. The van der Waals surface area contributed by atoms with Crippen LogP contribution in [0.1, 0.15) is 85.8 Å². The van der Waals surface area contributed by atoms with Gasteiger partial charge in [0.25, 0.3) is 0 Å². The summed E-state index contributed by atoms with van der Waals surface area (Å²) in [6.07, 6.45) is 2.16. The van der Waals surface area contributed by atoms with E-state index in [9.17, 15) is 24.6 Å². The quantitative estimate of drug-likeness (QED) is 0.300. The maximum Gasteiger partial charge on any atom is 0.408 e. The Morgan fingerprint density at radius 3 is 2.25 bits per heavy atom. The topological polar surface area (TPSA) is 128 Å². The Hall–Kier alpha value is -2.81. The van der Waals surface area contributed by atoms with Crippen molar-refractivity contribution in [1.29, 1.82) is 0 Å². The number of unbranched alkanes of at least 4 members (excludes halogenated alkanes) is 1. The number of carbonyl (C=O) groups excluding carboxylic acids is 3. The van der Waals surface area contributed by atoms with Crippen molar-refractivity contribution in [3.05, 3.63) is 29.8 Å². The molecule has 0 aliphatic heterocycles. The lowest BCUT2D eigenvalue weighted by Crippen LogP contribution is -2.56. The third-order valence-corrected chi connectivity index (χ3v) is 5.65. The number of nitrogens with one attached hydrogen (secondary N) is 2. The minimum absolute atomic E-state index is 0.123. The van der Waals surface area contributed by atoms with Gasteiger partial charge in [-0.2, -0.15) is 0 Å². The number of aliphatic hydroxyl groups is 1. The molecule has 0 aliphatic carbocycles. The van der Waals surface area contributed by atoms with Crippen molar-refractivity contribution in [2.75, 3.05) is 13.2 Å². The molecule has 3 unspecified atom stereocenters. The van der Waals surface area contributed by atoms with Gasteiger partial charge in [0, 0.05) is 18.2 Å². The van der Waals surface area contributed by atoms with E-state index in [0.29, 0.717) is 18.9 Å². The third-order valence-electron chi connectivity index (χ3n) is 5.65. The van der Waals surface area contributed by atoms with Gasteiger partial charge >= 0.3 is 6.09 Å². The SMILES string of the molecule is CCCCNC(=O)C(c1ccccc1O)N(C(=O)C(CO)NC(=O)OC(C)(C)C)C(C)CCC(C)C. The largest absolute Gasteiger partial charge is 0.508 e. The monoisotopic (exact) mass is 507 g/mol. The number of aromatic hydroxyl groups is 1. The second-order valence-electron chi connectivity index (χ2n) is 10.6. The molecule has 9 nitrogen and oxygen atoms in total. The van der Waals surface area contributed by atoms with Gasteiger partial charge in [-0.1, -0.05) is 45.4 Å². The molecule has 4 N–H and O–H groups in total. The predicted molar refractivity (Wildman–Crippen MR) is 139 cm³/mol. The van der Waals surface area contributed by atoms with Gasteiger partial charge < -0.3 is 30.5 Å². The van der Waals surface area contributed by atoms with Crippen molar-refractivity contribution in [3.63, 3.8) is 0 Å². The molecule has 36 heavy (non-hydrogen) atoms. The third kappa shape index (κ3) is 10.0. The van der Waals surface area contributed by atoms with Crippen LogP contribution in [0.2, 0.25) is 0 Å². The summed E-state index contributed by atoms with van der Waals surface area (Å²) in [5, 5.41) is 26.0. The maximum atomic E-state index is 13.9. The van der Waals surface area contributed by atoms with Gasteiger partial charge in [0.1, 0.15) is 23.4 Å². The summed E-state index contributed by atoms with van der Waals surface area (Å²) >= 11 is 0. The zero-order chi connectivity index (χ0) is 27.5. The molecular weight excluding hydrogens is 462 g/mol. The highest BCUT2D eigenvalue weighted by atomic mass is 16.6. The van der Waals surface area contributed by atoms with Crippen molar-refractivity contribution in [1.82, 2.24) is 15.5 Å². The molecule has 1 aromatic rings. The average molecular weight is 508 g/mol. The molecule has 3 amide bonds. The number of nitrogens with zero attached hydrogens (tertiary/aromatic N) is 1. The van der Waals surface area contributed by atoms with Gasteiger partial charge in [0.05, 0.1) is 6.61 Å². The molecule has 0 fully saturated rings. The normalized spacial score (nSPS) is 14.0. The van der Waals surface area contributed by atoms with E-state index in [1.807, 2.05) is 13.8 Å². The van der Waals surface area contributed by atoms with E-state index >= 15 is 0 Å². The summed E-state index contributed by atoms with van der Waals surface area (Å²) < 4.78 is 5.27. The van der Waals surface area contributed by atoms with Crippen LogP contribution in [0.3, 0.4) is 0 Å². The van der Waals surface area contributed by atoms with Gasteiger partial charge in [-0.3, -0.25) is 9.59 Å². The maximum absolute atomic E-state index is 13.9. The molecular formula is C27H45N3O6. The number of hydrogen-bond donors (Lipinski definition) is 4. The van der Waals surface area contributed by atoms with Gasteiger partial charge in [0.15, 0.2) is 0 Å². The smallest absolute Gasteiger partial charge is 0.408 e. The van der Waals surface area contributed by atoms with E-state index in [2.05, 4.69) is 24.5 Å². The number of benzene rings is 1. The van der Waals surface area contributed by atoms with Crippen LogP contribution in [-0.4, -0.2) is 63.9 Å². The predicted octanol–water partition coefficient (Wildman–Crippen LogP) is 3.89. The molecule has 204 valence electrons. The van der Waals surface area contributed by atoms with Crippen molar-refractivity contribution in [3.8, 4) is 5.75 Å². The lowest BCUT2D eigenvalue weighted by atomic mass is 9.96. The van der Waals surface area contributed by atoms with E-state index in [0.717, 1.165) is 19.3 Å². The summed E-state index contributed by atoms with van der Waals surface area (Å²) in [7, 11) is 0. The van der Waals surface area contributed by atoms with Crippen molar-refractivity contribution in [2.24, 2.45) is 5.92 Å². The fraction of sp³-hybridized carbons (Fsp3) is 0.667. The molecule has 0 spiro atoms. The number of phenolic OH excluding ortho intramolecular Hbond substituents is 1. The lowest BCUT2D eigenvalue weighted by Gasteiger charge is -2.38.